The van der Waals surface area contributed by atoms with Crippen LogP contribution in [0.5, 0.6) is 17.2 Å². The monoisotopic (exact) mass is 523 g/mol. The standard InChI is InChI=1S/C31H29N3O5/c35-30-29-15-14-27(38-19-18-34(37)31(36)32-25-9-3-1-4-10-25)21-24(29)16-17-33(30)22-23-8-7-13-28(20-23)39-26-11-5-2-6-12-26/h1-15,20-21,37H,16-19,22H2,(H,32,36). The number of hydrogen-bond donors (Lipinski definition) is 2. The number of ether oxygens (including phenoxy) is 2. The van der Waals surface area contributed by atoms with Crippen molar-refractivity contribution in [1.82, 2.24) is 9.96 Å². The molecule has 1 heterocycles. The average Bonchev–Trinajstić information content (AvgIpc) is 2.96. The zero-order chi connectivity index (χ0) is 27.0. The van der Waals surface area contributed by atoms with Gasteiger partial charge in [-0.25, -0.2) is 9.86 Å². The Morgan fingerprint density at radius 1 is 0.872 bits per heavy atom. The van der Waals surface area contributed by atoms with Crippen molar-refractivity contribution in [2.45, 2.75) is 13.0 Å². The van der Waals surface area contributed by atoms with Crippen LogP contribution >= 0.6 is 0 Å². The summed E-state index contributed by atoms with van der Waals surface area (Å²) in [5.74, 6) is 2.04. The highest BCUT2D eigenvalue weighted by atomic mass is 16.5. The Bertz CT molecular complexity index is 1430. The molecule has 5 rings (SSSR count). The van der Waals surface area contributed by atoms with E-state index in [0.29, 0.717) is 41.6 Å². The Morgan fingerprint density at radius 2 is 1.62 bits per heavy atom. The number of amides is 3. The summed E-state index contributed by atoms with van der Waals surface area (Å²) in [6, 6.07) is 31.0. The van der Waals surface area contributed by atoms with Gasteiger partial charge >= 0.3 is 6.03 Å². The summed E-state index contributed by atoms with van der Waals surface area (Å²) in [5.41, 5.74) is 3.14. The average molecular weight is 524 g/mol. The largest absolute Gasteiger partial charge is 0.492 e. The fourth-order valence-electron chi connectivity index (χ4n) is 4.37. The lowest BCUT2D eigenvalue weighted by molar-refractivity contribution is -0.0444. The number of anilines is 1. The summed E-state index contributed by atoms with van der Waals surface area (Å²) in [5, 5.41) is 13.2. The van der Waals surface area contributed by atoms with E-state index in [1.165, 1.54) is 0 Å². The van der Waals surface area contributed by atoms with Gasteiger partial charge in [0.25, 0.3) is 5.91 Å². The Hall–Kier alpha value is -4.82. The van der Waals surface area contributed by atoms with Gasteiger partial charge in [-0.3, -0.25) is 10.0 Å². The van der Waals surface area contributed by atoms with Gasteiger partial charge < -0.3 is 19.7 Å². The lowest BCUT2D eigenvalue weighted by atomic mass is 9.98. The molecule has 0 radical (unpaired) electrons. The quantitative estimate of drug-likeness (QED) is 0.208. The van der Waals surface area contributed by atoms with Gasteiger partial charge in [0.2, 0.25) is 0 Å². The summed E-state index contributed by atoms with van der Waals surface area (Å²) >= 11 is 0. The van der Waals surface area contributed by atoms with Gasteiger partial charge in [0.15, 0.2) is 0 Å². The van der Waals surface area contributed by atoms with E-state index in [0.717, 1.165) is 22.6 Å². The van der Waals surface area contributed by atoms with Gasteiger partial charge in [0.1, 0.15) is 23.9 Å². The minimum Gasteiger partial charge on any atom is -0.492 e. The fourth-order valence-corrected chi connectivity index (χ4v) is 4.37. The number of hydroxylamine groups is 2. The molecule has 3 amide bonds. The van der Waals surface area contributed by atoms with Gasteiger partial charge in [-0.15, -0.1) is 0 Å². The van der Waals surface area contributed by atoms with Crippen molar-refractivity contribution in [3.05, 3.63) is 120 Å². The molecule has 0 aliphatic carbocycles. The maximum Gasteiger partial charge on any atom is 0.345 e. The van der Waals surface area contributed by atoms with Crippen LogP contribution in [0.15, 0.2) is 103 Å². The molecule has 1 aliphatic rings. The molecule has 0 spiro atoms. The van der Waals surface area contributed by atoms with E-state index in [1.54, 1.807) is 36.4 Å². The summed E-state index contributed by atoms with van der Waals surface area (Å²) in [7, 11) is 0. The molecule has 4 aromatic rings. The summed E-state index contributed by atoms with van der Waals surface area (Å²) in [6.45, 7) is 1.15. The predicted molar refractivity (Wildman–Crippen MR) is 147 cm³/mol. The highest BCUT2D eigenvalue weighted by Gasteiger charge is 2.25. The lowest BCUT2D eigenvalue weighted by Gasteiger charge is -2.29. The first kappa shape index (κ1) is 25.8. The number of urea groups is 1. The Labute approximate surface area is 227 Å². The molecule has 1 aliphatic heterocycles. The molecule has 0 atom stereocenters. The highest BCUT2D eigenvalue weighted by molar-refractivity contribution is 5.97. The number of benzene rings is 4. The molecule has 4 aromatic carbocycles. The Kier molecular flexibility index (Phi) is 8.04. The minimum atomic E-state index is -0.641. The summed E-state index contributed by atoms with van der Waals surface area (Å²) in [6.07, 6.45) is 0.698. The zero-order valence-electron chi connectivity index (χ0n) is 21.3. The number of hydrogen-bond acceptors (Lipinski definition) is 5. The second kappa shape index (κ2) is 12.1. The molecule has 0 fully saturated rings. The van der Waals surface area contributed by atoms with Gasteiger partial charge in [-0.05, 0) is 72.1 Å². The van der Waals surface area contributed by atoms with Crippen LogP contribution in [0.4, 0.5) is 10.5 Å². The van der Waals surface area contributed by atoms with Crippen molar-refractivity contribution in [3.63, 3.8) is 0 Å². The maximum atomic E-state index is 13.2. The van der Waals surface area contributed by atoms with E-state index in [2.05, 4.69) is 5.32 Å². The van der Waals surface area contributed by atoms with E-state index < -0.39 is 6.03 Å². The molecule has 0 saturated carbocycles. The van der Waals surface area contributed by atoms with Crippen LogP contribution in [0.1, 0.15) is 21.5 Å². The highest BCUT2D eigenvalue weighted by Crippen LogP contribution is 2.27. The van der Waals surface area contributed by atoms with Crippen LogP contribution in [0, 0.1) is 0 Å². The van der Waals surface area contributed by atoms with E-state index >= 15 is 0 Å². The smallest absolute Gasteiger partial charge is 0.345 e. The van der Waals surface area contributed by atoms with Crippen molar-refractivity contribution in [2.24, 2.45) is 0 Å². The molecule has 0 unspecified atom stereocenters. The van der Waals surface area contributed by atoms with E-state index in [-0.39, 0.29) is 19.1 Å². The van der Waals surface area contributed by atoms with Crippen LogP contribution < -0.4 is 14.8 Å². The van der Waals surface area contributed by atoms with Gasteiger partial charge in [-0.2, -0.15) is 0 Å². The molecule has 39 heavy (non-hydrogen) atoms. The molecule has 0 aromatic heterocycles. The van der Waals surface area contributed by atoms with Gasteiger partial charge in [-0.1, -0.05) is 48.5 Å². The van der Waals surface area contributed by atoms with E-state index in [9.17, 15) is 14.8 Å². The van der Waals surface area contributed by atoms with Gasteiger partial charge in [0.05, 0.1) is 6.54 Å². The van der Waals surface area contributed by atoms with E-state index in [1.807, 2.05) is 71.6 Å². The first-order valence-corrected chi connectivity index (χ1v) is 12.7. The third kappa shape index (κ3) is 6.74. The van der Waals surface area contributed by atoms with Gasteiger partial charge in [0, 0.05) is 24.3 Å². The third-order valence-electron chi connectivity index (χ3n) is 6.33. The third-order valence-corrected chi connectivity index (χ3v) is 6.33. The second-order valence-corrected chi connectivity index (χ2v) is 9.13. The molecule has 8 heteroatoms. The Balaban J connectivity index is 1.14. The molecule has 2 N–H and O–H groups in total. The topological polar surface area (TPSA) is 91.3 Å². The van der Waals surface area contributed by atoms with Crippen LogP contribution in [-0.2, 0) is 13.0 Å². The van der Waals surface area contributed by atoms with Crippen LogP contribution in [0.2, 0.25) is 0 Å². The fraction of sp³-hybridized carbons (Fsp3) is 0.161. The minimum absolute atomic E-state index is 0.0183. The first-order valence-electron chi connectivity index (χ1n) is 12.7. The number of carbonyl (C=O) groups excluding carboxylic acids is 2. The number of nitrogens with one attached hydrogen (secondary N) is 1. The molecule has 0 bridgehead atoms. The van der Waals surface area contributed by atoms with Crippen molar-refractivity contribution in [3.8, 4) is 17.2 Å². The van der Waals surface area contributed by atoms with Crippen molar-refractivity contribution in [1.29, 1.82) is 0 Å². The first-order chi connectivity index (χ1) is 19.0. The molecule has 0 saturated heterocycles. The SMILES string of the molecule is O=C(Nc1ccccc1)N(O)CCOc1ccc2c(c1)CCN(Cc1cccc(Oc3ccccc3)c1)C2=O. The van der Waals surface area contributed by atoms with E-state index in [4.69, 9.17) is 9.47 Å². The van der Waals surface area contributed by atoms with Crippen molar-refractivity contribution in [2.75, 3.05) is 25.0 Å². The molecule has 198 valence electrons. The van der Waals surface area contributed by atoms with Crippen LogP contribution in [-0.4, -0.2) is 46.8 Å². The van der Waals surface area contributed by atoms with Crippen molar-refractivity contribution >= 4 is 17.6 Å². The number of nitrogens with zero attached hydrogens (tertiary/aromatic N) is 2. The predicted octanol–water partition coefficient (Wildman–Crippen LogP) is 5.98. The van der Waals surface area contributed by atoms with Crippen LogP contribution in [0.25, 0.3) is 0 Å². The second-order valence-electron chi connectivity index (χ2n) is 9.13. The Morgan fingerprint density at radius 3 is 2.41 bits per heavy atom. The molecular formula is C31H29N3O5. The lowest BCUT2D eigenvalue weighted by Crippen LogP contribution is -2.37. The normalized spacial score (nSPS) is 12.4. The zero-order valence-corrected chi connectivity index (χ0v) is 21.3. The summed E-state index contributed by atoms with van der Waals surface area (Å²) in [4.78, 5) is 27.1. The number of fused-ring (bicyclic) bond motifs is 1. The summed E-state index contributed by atoms with van der Waals surface area (Å²) < 4.78 is 11.7. The molecular weight excluding hydrogens is 494 g/mol. The molecule has 8 nitrogen and oxygen atoms in total. The van der Waals surface area contributed by atoms with Crippen molar-refractivity contribution < 1.29 is 24.3 Å². The maximum absolute atomic E-state index is 13.2. The van der Waals surface area contributed by atoms with Crippen LogP contribution in [0.3, 0.4) is 0 Å². The number of carbonyl (C=O) groups is 2. The number of rotatable bonds is 9. The number of para-hydroxylation sites is 2.